The number of hydrogen-bond acceptors (Lipinski definition) is 1. The van der Waals surface area contributed by atoms with Gasteiger partial charge in [0.15, 0.2) is 0 Å². The standard InChI is InChI=1S/C11H5BrCl2F2S/c12-10(11-6(13)1-2-17-11)5-3-9(16)7(14)4-8(5)15/h1-4,10H. The number of benzene rings is 1. The van der Waals surface area contributed by atoms with E-state index < -0.39 is 16.5 Å². The summed E-state index contributed by atoms with van der Waals surface area (Å²) in [6, 6.07) is 3.75. The lowest BCUT2D eigenvalue weighted by Gasteiger charge is -2.11. The van der Waals surface area contributed by atoms with Crippen LogP contribution in [0.2, 0.25) is 10.0 Å². The molecule has 90 valence electrons. The van der Waals surface area contributed by atoms with E-state index in [1.54, 1.807) is 11.4 Å². The minimum atomic E-state index is -0.653. The van der Waals surface area contributed by atoms with Crippen molar-refractivity contribution >= 4 is 50.5 Å². The van der Waals surface area contributed by atoms with Crippen LogP contribution in [0.3, 0.4) is 0 Å². The van der Waals surface area contributed by atoms with E-state index in [1.165, 1.54) is 11.3 Å². The Hall–Kier alpha value is -0.160. The number of halogens is 5. The van der Waals surface area contributed by atoms with Crippen LogP contribution < -0.4 is 0 Å². The molecule has 0 nitrogen and oxygen atoms in total. The molecule has 0 aliphatic heterocycles. The molecule has 2 rings (SSSR count). The van der Waals surface area contributed by atoms with Crippen LogP contribution in [0.1, 0.15) is 15.3 Å². The summed E-state index contributed by atoms with van der Waals surface area (Å²) in [5, 5.41) is 2.07. The zero-order valence-corrected chi connectivity index (χ0v) is 12.1. The van der Waals surface area contributed by atoms with Crippen molar-refractivity contribution in [3.05, 3.63) is 55.7 Å². The lowest BCUT2D eigenvalue weighted by molar-refractivity contribution is 0.589. The Morgan fingerprint density at radius 2 is 1.82 bits per heavy atom. The molecule has 0 aliphatic rings. The van der Waals surface area contributed by atoms with Crippen LogP contribution in [0, 0.1) is 11.6 Å². The molecule has 0 saturated heterocycles. The second-order valence-corrected chi connectivity index (χ2v) is 5.96. The second kappa shape index (κ2) is 5.22. The SMILES string of the molecule is Fc1cc(C(Br)c2sccc2Cl)c(F)cc1Cl. The van der Waals surface area contributed by atoms with Gasteiger partial charge in [-0.3, -0.25) is 0 Å². The Morgan fingerprint density at radius 1 is 1.12 bits per heavy atom. The molecule has 1 aromatic heterocycles. The number of alkyl halides is 1. The van der Waals surface area contributed by atoms with E-state index in [0.717, 1.165) is 17.0 Å². The van der Waals surface area contributed by atoms with Crippen LogP contribution in [0.5, 0.6) is 0 Å². The smallest absolute Gasteiger partial charge is 0.142 e. The minimum absolute atomic E-state index is 0.177. The Bertz CT molecular complexity index is 556. The average molecular weight is 358 g/mol. The fourth-order valence-electron chi connectivity index (χ4n) is 1.36. The van der Waals surface area contributed by atoms with Gasteiger partial charge in [0.2, 0.25) is 0 Å². The summed E-state index contributed by atoms with van der Waals surface area (Å²) in [7, 11) is 0. The lowest BCUT2D eigenvalue weighted by Crippen LogP contribution is -1.97. The van der Waals surface area contributed by atoms with Gasteiger partial charge >= 0.3 is 0 Å². The molecule has 1 unspecified atom stereocenters. The summed E-state index contributed by atoms with van der Waals surface area (Å²) in [5.74, 6) is -1.22. The highest BCUT2D eigenvalue weighted by molar-refractivity contribution is 9.09. The Balaban J connectivity index is 2.48. The second-order valence-electron chi connectivity index (χ2n) is 3.28. The van der Waals surface area contributed by atoms with Crippen LogP contribution in [-0.4, -0.2) is 0 Å². The van der Waals surface area contributed by atoms with E-state index >= 15 is 0 Å². The van der Waals surface area contributed by atoms with Gasteiger partial charge in [0, 0.05) is 10.4 Å². The maximum Gasteiger partial charge on any atom is 0.142 e. The first-order chi connectivity index (χ1) is 8.00. The summed E-state index contributed by atoms with van der Waals surface area (Å²) in [6.45, 7) is 0. The zero-order valence-electron chi connectivity index (χ0n) is 8.18. The maximum atomic E-state index is 13.7. The first-order valence-corrected chi connectivity index (χ1v) is 7.07. The third kappa shape index (κ3) is 2.65. The summed E-state index contributed by atoms with van der Waals surface area (Å²) in [6.07, 6.45) is 0. The molecular weight excluding hydrogens is 353 g/mol. The summed E-state index contributed by atoms with van der Waals surface area (Å²) in [5.41, 5.74) is 0.177. The molecular formula is C11H5BrCl2F2S. The lowest BCUT2D eigenvalue weighted by atomic mass is 10.1. The monoisotopic (exact) mass is 356 g/mol. The van der Waals surface area contributed by atoms with Crippen LogP contribution in [0.4, 0.5) is 8.78 Å². The van der Waals surface area contributed by atoms with E-state index in [9.17, 15) is 8.78 Å². The van der Waals surface area contributed by atoms with Crippen molar-refractivity contribution in [2.24, 2.45) is 0 Å². The van der Waals surface area contributed by atoms with Crippen LogP contribution in [0.15, 0.2) is 23.6 Å². The summed E-state index contributed by atoms with van der Waals surface area (Å²) < 4.78 is 27.0. The average Bonchev–Trinajstić information content (AvgIpc) is 2.69. The van der Waals surface area contributed by atoms with Gasteiger partial charge < -0.3 is 0 Å². The molecule has 0 fully saturated rings. The zero-order chi connectivity index (χ0) is 12.6. The number of rotatable bonds is 2. The largest absolute Gasteiger partial charge is 0.207 e. The van der Waals surface area contributed by atoms with E-state index in [4.69, 9.17) is 23.2 Å². The molecule has 0 radical (unpaired) electrons. The first kappa shape index (κ1) is 13.3. The normalized spacial score (nSPS) is 12.8. The van der Waals surface area contributed by atoms with Crippen molar-refractivity contribution < 1.29 is 8.78 Å². The molecule has 1 atom stereocenters. The Labute approximate surface area is 119 Å². The maximum absolute atomic E-state index is 13.7. The summed E-state index contributed by atoms with van der Waals surface area (Å²) in [4.78, 5) is 0.244. The Morgan fingerprint density at radius 3 is 2.41 bits per heavy atom. The predicted octanol–water partition coefficient (Wildman–Crippen LogP) is 5.82. The van der Waals surface area contributed by atoms with Gasteiger partial charge in [-0.25, -0.2) is 8.78 Å². The predicted molar refractivity (Wildman–Crippen MR) is 71.5 cm³/mol. The van der Waals surface area contributed by atoms with E-state index in [0.29, 0.717) is 5.02 Å². The van der Waals surface area contributed by atoms with E-state index in [1.807, 2.05) is 0 Å². The van der Waals surface area contributed by atoms with Gasteiger partial charge in [-0.1, -0.05) is 39.1 Å². The van der Waals surface area contributed by atoms with Gasteiger partial charge in [0.05, 0.1) is 14.9 Å². The van der Waals surface area contributed by atoms with E-state index in [-0.39, 0.29) is 10.6 Å². The van der Waals surface area contributed by atoms with Crippen LogP contribution in [0.25, 0.3) is 0 Å². The van der Waals surface area contributed by atoms with Crippen molar-refractivity contribution in [2.45, 2.75) is 4.83 Å². The highest BCUT2D eigenvalue weighted by atomic mass is 79.9. The van der Waals surface area contributed by atoms with Crippen molar-refractivity contribution in [2.75, 3.05) is 0 Å². The van der Waals surface area contributed by atoms with E-state index in [2.05, 4.69) is 15.9 Å². The fourth-order valence-corrected chi connectivity index (χ4v) is 3.72. The van der Waals surface area contributed by atoms with Gasteiger partial charge in [-0.05, 0) is 23.6 Å². The highest BCUT2D eigenvalue weighted by Crippen LogP contribution is 2.40. The molecule has 0 aliphatic carbocycles. The van der Waals surface area contributed by atoms with Gasteiger partial charge in [0.25, 0.3) is 0 Å². The molecule has 0 amide bonds. The van der Waals surface area contributed by atoms with Crippen LogP contribution >= 0.6 is 50.5 Å². The van der Waals surface area contributed by atoms with Crippen molar-refractivity contribution in [1.82, 2.24) is 0 Å². The molecule has 1 heterocycles. The Kier molecular flexibility index (Phi) is 4.08. The summed E-state index contributed by atoms with van der Waals surface area (Å²) >= 11 is 16.1. The quantitative estimate of drug-likeness (QED) is 0.469. The van der Waals surface area contributed by atoms with Crippen molar-refractivity contribution in [3.8, 4) is 0 Å². The third-order valence-corrected chi connectivity index (χ3v) is 5.15. The third-order valence-electron chi connectivity index (χ3n) is 2.19. The fraction of sp³-hybridized carbons (Fsp3) is 0.0909. The van der Waals surface area contributed by atoms with Gasteiger partial charge in [0.1, 0.15) is 11.6 Å². The van der Waals surface area contributed by atoms with Crippen molar-refractivity contribution in [3.63, 3.8) is 0 Å². The molecule has 1 aromatic carbocycles. The molecule has 0 N–H and O–H groups in total. The molecule has 0 saturated carbocycles. The van der Waals surface area contributed by atoms with Gasteiger partial charge in [-0.2, -0.15) is 0 Å². The molecule has 0 spiro atoms. The number of thiophene rings is 1. The van der Waals surface area contributed by atoms with Crippen LogP contribution in [-0.2, 0) is 0 Å². The molecule has 17 heavy (non-hydrogen) atoms. The topological polar surface area (TPSA) is 0 Å². The first-order valence-electron chi connectivity index (χ1n) is 4.52. The minimum Gasteiger partial charge on any atom is -0.207 e. The molecule has 2 aromatic rings. The number of hydrogen-bond donors (Lipinski definition) is 0. The van der Waals surface area contributed by atoms with Crippen molar-refractivity contribution in [1.29, 1.82) is 0 Å². The highest BCUT2D eigenvalue weighted by Gasteiger charge is 2.20. The molecule has 0 bridgehead atoms. The van der Waals surface area contributed by atoms with Gasteiger partial charge in [-0.15, -0.1) is 11.3 Å². The molecule has 6 heteroatoms.